The summed E-state index contributed by atoms with van der Waals surface area (Å²) in [5.74, 6) is 0.167. The summed E-state index contributed by atoms with van der Waals surface area (Å²) in [6.07, 6.45) is 2.08. The highest BCUT2D eigenvalue weighted by Gasteiger charge is 2.13. The number of benzene rings is 2. The van der Waals surface area contributed by atoms with Gasteiger partial charge in [0.2, 0.25) is 6.20 Å². The number of methoxy groups -OCH3 is 1. The fourth-order valence-corrected chi connectivity index (χ4v) is 2.16. The summed E-state index contributed by atoms with van der Waals surface area (Å²) in [6.45, 7) is -0.0210. The summed E-state index contributed by atoms with van der Waals surface area (Å²) >= 11 is 6.13. The third-order valence-corrected chi connectivity index (χ3v) is 3.25. The number of ether oxygens (including phenoxy) is 2. The van der Waals surface area contributed by atoms with E-state index in [1.165, 1.54) is 25.3 Å². The van der Waals surface area contributed by atoms with E-state index in [9.17, 15) is 14.5 Å². The maximum Gasteiger partial charge on any atom is 0.235 e. The molecule has 0 aliphatic heterocycles. The van der Waals surface area contributed by atoms with E-state index < -0.39 is 4.92 Å². The van der Waals surface area contributed by atoms with Gasteiger partial charge in [-0.05, 0) is 23.8 Å². The molecule has 7 heteroatoms. The lowest BCUT2D eigenvalue weighted by Crippen LogP contribution is -2.01. The Hall–Kier alpha value is -2.60. The number of hydrogen-bond acceptors (Lipinski definition) is 4. The molecule has 120 valence electrons. The van der Waals surface area contributed by atoms with E-state index in [0.29, 0.717) is 16.9 Å². The van der Waals surface area contributed by atoms with Crippen molar-refractivity contribution in [3.8, 4) is 11.5 Å². The van der Waals surface area contributed by atoms with Gasteiger partial charge in [0.25, 0.3) is 0 Å². The van der Waals surface area contributed by atoms with Crippen molar-refractivity contribution in [3.05, 3.63) is 74.7 Å². The van der Waals surface area contributed by atoms with Crippen molar-refractivity contribution in [3.63, 3.8) is 0 Å². The lowest BCUT2D eigenvalue weighted by atomic mass is 10.2. The molecule has 2 aromatic rings. The molecule has 0 atom stereocenters. The smallest absolute Gasteiger partial charge is 0.235 e. The molecule has 23 heavy (non-hydrogen) atoms. The molecule has 0 aromatic heterocycles. The second kappa shape index (κ2) is 7.60. The Balaban J connectivity index is 2.24. The highest BCUT2D eigenvalue weighted by atomic mass is 35.5. The van der Waals surface area contributed by atoms with Crippen LogP contribution in [0, 0.1) is 15.9 Å². The van der Waals surface area contributed by atoms with E-state index in [4.69, 9.17) is 21.1 Å². The van der Waals surface area contributed by atoms with E-state index in [-0.39, 0.29) is 23.2 Å². The fraction of sp³-hybridized carbons (Fsp3) is 0.125. The average Bonchev–Trinajstić information content (AvgIpc) is 2.52. The van der Waals surface area contributed by atoms with E-state index >= 15 is 0 Å². The van der Waals surface area contributed by atoms with Crippen LogP contribution < -0.4 is 9.47 Å². The molecule has 0 radical (unpaired) electrons. The van der Waals surface area contributed by atoms with Crippen LogP contribution in [0.15, 0.2) is 42.6 Å². The van der Waals surface area contributed by atoms with Crippen LogP contribution in [0.4, 0.5) is 4.39 Å². The monoisotopic (exact) mass is 337 g/mol. The Morgan fingerprint density at radius 3 is 2.74 bits per heavy atom. The Bertz CT molecular complexity index is 749. The van der Waals surface area contributed by atoms with E-state index in [1.807, 2.05) is 0 Å². The van der Waals surface area contributed by atoms with Crippen LogP contribution in [0.1, 0.15) is 11.1 Å². The molecular formula is C16H13ClFNO4. The van der Waals surface area contributed by atoms with Crippen molar-refractivity contribution in [2.45, 2.75) is 6.61 Å². The first-order valence-electron chi connectivity index (χ1n) is 6.56. The quantitative estimate of drug-likeness (QED) is 0.582. The maximum atomic E-state index is 13.6. The van der Waals surface area contributed by atoms with Crippen molar-refractivity contribution < 1.29 is 18.8 Å². The standard InChI is InChI=1S/C16H13ClFNO4/c1-22-15-9-11(6-7-19(20)21)8-13(17)16(15)23-10-12-4-2-3-5-14(12)18/h2-9H,10H2,1H3. The second-order valence-corrected chi connectivity index (χ2v) is 4.92. The Labute approximate surface area is 137 Å². The predicted molar refractivity (Wildman–Crippen MR) is 84.8 cm³/mol. The zero-order valence-electron chi connectivity index (χ0n) is 12.2. The maximum absolute atomic E-state index is 13.6. The second-order valence-electron chi connectivity index (χ2n) is 4.52. The average molecular weight is 338 g/mol. The molecule has 0 saturated heterocycles. The van der Waals surface area contributed by atoms with Crippen molar-refractivity contribution in [1.82, 2.24) is 0 Å². The normalized spacial score (nSPS) is 10.7. The van der Waals surface area contributed by atoms with Crippen molar-refractivity contribution in [2.75, 3.05) is 7.11 Å². The van der Waals surface area contributed by atoms with Gasteiger partial charge in [-0.2, -0.15) is 0 Å². The first-order chi connectivity index (χ1) is 11.0. The summed E-state index contributed by atoms with van der Waals surface area (Å²) < 4.78 is 24.3. The van der Waals surface area contributed by atoms with E-state index in [0.717, 1.165) is 6.20 Å². The van der Waals surface area contributed by atoms with E-state index in [2.05, 4.69) is 0 Å². The van der Waals surface area contributed by atoms with Crippen molar-refractivity contribution in [1.29, 1.82) is 0 Å². The zero-order chi connectivity index (χ0) is 16.8. The zero-order valence-corrected chi connectivity index (χ0v) is 12.9. The Kier molecular flexibility index (Phi) is 5.54. The predicted octanol–water partition coefficient (Wildman–Crippen LogP) is 4.31. The molecule has 0 heterocycles. The molecule has 0 fully saturated rings. The summed E-state index contributed by atoms with van der Waals surface area (Å²) in [5.41, 5.74) is 0.865. The third kappa shape index (κ3) is 4.43. The number of halogens is 2. The SMILES string of the molecule is COc1cc(C=C[N+](=O)[O-])cc(Cl)c1OCc1ccccc1F. The molecule has 2 aromatic carbocycles. The first-order valence-corrected chi connectivity index (χ1v) is 6.94. The molecule has 0 unspecified atom stereocenters. The van der Waals surface area contributed by atoms with Gasteiger partial charge in [0.05, 0.1) is 17.1 Å². The van der Waals surface area contributed by atoms with Gasteiger partial charge in [-0.3, -0.25) is 10.1 Å². The minimum atomic E-state index is -0.580. The van der Waals surface area contributed by atoms with Gasteiger partial charge in [0.15, 0.2) is 11.5 Å². The van der Waals surface area contributed by atoms with Crippen molar-refractivity contribution in [2.24, 2.45) is 0 Å². The molecule has 2 rings (SSSR count). The Morgan fingerprint density at radius 2 is 2.09 bits per heavy atom. The van der Waals surface area contributed by atoms with Crippen LogP contribution in [0.5, 0.6) is 11.5 Å². The molecule has 0 N–H and O–H groups in total. The largest absolute Gasteiger partial charge is 0.493 e. The molecule has 5 nitrogen and oxygen atoms in total. The molecule has 0 amide bonds. The minimum absolute atomic E-state index is 0.0210. The number of nitrogens with zero attached hydrogens (tertiary/aromatic N) is 1. The van der Waals surface area contributed by atoms with Gasteiger partial charge in [-0.15, -0.1) is 0 Å². The van der Waals surface area contributed by atoms with Gasteiger partial charge < -0.3 is 9.47 Å². The van der Waals surface area contributed by atoms with Crippen LogP contribution in [-0.2, 0) is 6.61 Å². The molecule has 0 spiro atoms. The molecule has 0 aliphatic carbocycles. The first kappa shape index (κ1) is 16.8. The molecule has 0 aliphatic rings. The van der Waals surface area contributed by atoms with Gasteiger partial charge in [0, 0.05) is 11.6 Å². The van der Waals surface area contributed by atoms with Crippen LogP contribution >= 0.6 is 11.6 Å². The molecule has 0 saturated carbocycles. The molecular weight excluding hydrogens is 325 g/mol. The molecule has 0 bridgehead atoms. The third-order valence-electron chi connectivity index (χ3n) is 2.97. The lowest BCUT2D eigenvalue weighted by Gasteiger charge is -2.13. The van der Waals surface area contributed by atoms with Crippen LogP contribution in [0.3, 0.4) is 0 Å². The number of rotatable bonds is 6. The Morgan fingerprint density at radius 1 is 1.35 bits per heavy atom. The summed E-state index contributed by atoms with van der Waals surface area (Å²) in [7, 11) is 1.42. The van der Waals surface area contributed by atoms with Gasteiger partial charge >= 0.3 is 0 Å². The number of hydrogen-bond donors (Lipinski definition) is 0. The highest BCUT2D eigenvalue weighted by molar-refractivity contribution is 6.32. The van der Waals surface area contributed by atoms with Crippen LogP contribution in [0.25, 0.3) is 6.08 Å². The lowest BCUT2D eigenvalue weighted by molar-refractivity contribution is -0.400. The van der Waals surface area contributed by atoms with E-state index in [1.54, 1.807) is 24.3 Å². The minimum Gasteiger partial charge on any atom is -0.493 e. The fourth-order valence-electron chi connectivity index (χ4n) is 1.89. The van der Waals surface area contributed by atoms with Gasteiger partial charge in [-0.1, -0.05) is 29.8 Å². The summed E-state index contributed by atoms with van der Waals surface area (Å²) in [5, 5.41) is 10.6. The highest BCUT2D eigenvalue weighted by Crippen LogP contribution is 2.37. The van der Waals surface area contributed by atoms with Crippen LogP contribution in [-0.4, -0.2) is 12.0 Å². The topological polar surface area (TPSA) is 61.6 Å². The summed E-state index contributed by atoms with van der Waals surface area (Å²) in [6, 6.07) is 9.27. The van der Waals surface area contributed by atoms with Crippen LogP contribution in [0.2, 0.25) is 5.02 Å². The summed E-state index contributed by atoms with van der Waals surface area (Å²) in [4.78, 5) is 9.78. The number of nitro groups is 1. The van der Waals surface area contributed by atoms with Gasteiger partial charge in [0.1, 0.15) is 12.4 Å². The van der Waals surface area contributed by atoms with Crippen molar-refractivity contribution >= 4 is 17.7 Å². The van der Waals surface area contributed by atoms with Gasteiger partial charge in [-0.25, -0.2) is 4.39 Å².